The minimum atomic E-state index is -0.919. The SMILES string of the molecule is COC(=O)[C@@H](OC(C)=O)[C@H]1CC[C@H]2[C@@H]3CC[C@H]4C[C@H](OC(C)=O)CC[C@]4(C)[C@H]3[C@@H](O)C[C@]12C. The summed E-state index contributed by atoms with van der Waals surface area (Å²) in [4.78, 5) is 35.8. The van der Waals surface area contributed by atoms with E-state index in [0.29, 0.717) is 24.2 Å². The molecule has 0 aromatic rings. The van der Waals surface area contributed by atoms with E-state index in [-0.39, 0.29) is 34.7 Å². The van der Waals surface area contributed by atoms with Crippen molar-refractivity contribution in [3.63, 3.8) is 0 Å². The molecule has 186 valence electrons. The van der Waals surface area contributed by atoms with Gasteiger partial charge in [-0.25, -0.2) is 4.79 Å². The molecule has 1 N–H and O–H groups in total. The van der Waals surface area contributed by atoms with Crippen LogP contribution in [-0.2, 0) is 28.6 Å². The van der Waals surface area contributed by atoms with Crippen LogP contribution in [0, 0.1) is 40.4 Å². The molecule has 0 aromatic heterocycles. The third-order valence-electron chi connectivity index (χ3n) is 10.0. The molecule has 0 amide bonds. The Balaban J connectivity index is 1.58. The van der Waals surface area contributed by atoms with Crippen molar-refractivity contribution in [2.45, 2.75) is 97.4 Å². The van der Waals surface area contributed by atoms with E-state index >= 15 is 0 Å². The zero-order chi connectivity index (χ0) is 24.1. The number of carbonyl (C=O) groups is 3. The smallest absolute Gasteiger partial charge is 0.347 e. The monoisotopic (exact) mass is 464 g/mol. The van der Waals surface area contributed by atoms with Gasteiger partial charge in [0.1, 0.15) is 6.10 Å². The lowest BCUT2D eigenvalue weighted by atomic mass is 9.43. The van der Waals surface area contributed by atoms with Gasteiger partial charge in [0.25, 0.3) is 0 Å². The minimum absolute atomic E-state index is 0.0106. The van der Waals surface area contributed by atoms with E-state index < -0.39 is 24.1 Å². The third kappa shape index (κ3) is 4.08. The lowest BCUT2D eigenvalue weighted by Crippen LogP contribution is -2.60. The van der Waals surface area contributed by atoms with Gasteiger partial charge in [0.15, 0.2) is 0 Å². The number of hydrogen-bond donors (Lipinski definition) is 1. The first-order valence-electron chi connectivity index (χ1n) is 12.6. The fraction of sp³-hybridized carbons (Fsp3) is 0.885. The topological polar surface area (TPSA) is 99.1 Å². The summed E-state index contributed by atoms with van der Waals surface area (Å²) in [6.45, 7) is 7.32. The molecule has 7 nitrogen and oxygen atoms in total. The largest absolute Gasteiger partial charge is 0.466 e. The first-order valence-corrected chi connectivity index (χ1v) is 12.6. The maximum absolute atomic E-state index is 12.6. The molecule has 0 radical (unpaired) electrons. The normalized spacial score (nSPS) is 45.1. The van der Waals surface area contributed by atoms with Crippen molar-refractivity contribution in [2.75, 3.05) is 7.11 Å². The first-order chi connectivity index (χ1) is 15.5. The number of hydrogen-bond acceptors (Lipinski definition) is 7. The van der Waals surface area contributed by atoms with Gasteiger partial charge in [0, 0.05) is 19.8 Å². The average molecular weight is 465 g/mol. The zero-order valence-corrected chi connectivity index (χ0v) is 20.7. The Morgan fingerprint density at radius 2 is 1.70 bits per heavy atom. The molecule has 0 bridgehead atoms. The molecule has 4 rings (SSSR count). The van der Waals surface area contributed by atoms with Crippen molar-refractivity contribution >= 4 is 17.9 Å². The van der Waals surface area contributed by atoms with Crippen molar-refractivity contribution in [3.8, 4) is 0 Å². The number of fused-ring (bicyclic) bond motifs is 5. The maximum Gasteiger partial charge on any atom is 0.347 e. The Labute approximate surface area is 196 Å². The molecule has 0 aliphatic heterocycles. The molecule has 10 atom stereocenters. The highest BCUT2D eigenvalue weighted by molar-refractivity contribution is 5.79. The number of ether oxygens (including phenoxy) is 3. The molecule has 0 saturated heterocycles. The maximum atomic E-state index is 12.6. The number of methoxy groups -OCH3 is 1. The van der Waals surface area contributed by atoms with Crippen molar-refractivity contribution < 1.29 is 33.7 Å². The van der Waals surface area contributed by atoms with Crippen molar-refractivity contribution in [1.29, 1.82) is 0 Å². The predicted molar refractivity (Wildman–Crippen MR) is 120 cm³/mol. The minimum Gasteiger partial charge on any atom is -0.466 e. The van der Waals surface area contributed by atoms with Crippen LogP contribution in [0.2, 0.25) is 0 Å². The van der Waals surface area contributed by atoms with Gasteiger partial charge in [-0.3, -0.25) is 9.59 Å². The standard InChI is InChI=1S/C26H40O7/c1-14(27)32-17-10-11-25(3)16(12-17)6-7-18-19-8-9-20(23(24(30)31-5)33-15(2)28)26(19,4)13-21(29)22(18)25/h16-23,29H,6-13H2,1-5H3/t16-,17+,18-,19-,20+,21-,22+,23-,25-,26-/m0/s1. The number of rotatable bonds is 4. The summed E-state index contributed by atoms with van der Waals surface area (Å²) in [5, 5.41) is 11.6. The Bertz CT molecular complexity index is 796. The van der Waals surface area contributed by atoms with Crippen LogP contribution in [-0.4, -0.2) is 48.4 Å². The van der Waals surface area contributed by atoms with Gasteiger partial charge in [-0.15, -0.1) is 0 Å². The highest BCUT2D eigenvalue weighted by atomic mass is 16.6. The predicted octanol–water partition coefficient (Wildman–Crippen LogP) is 3.65. The van der Waals surface area contributed by atoms with Gasteiger partial charge in [-0.05, 0) is 85.9 Å². The van der Waals surface area contributed by atoms with Gasteiger partial charge in [0.05, 0.1) is 13.2 Å². The Kier molecular flexibility index (Phi) is 6.58. The van der Waals surface area contributed by atoms with Crippen molar-refractivity contribution in [2.24, 2.45) is 40.4 Å². The summed E-state index contributed by atoms with van der Waals surface area (Å²) in [5.41, 5.74) is -0.261. The molecule has 0 heterocycles. The van der Waals surface area contributed by atoms with E-state index in [2.05, 4.69) is 13.8 Å². The van der Waals surface area contributed by atoms with Crippen LogP contribution in [0.1, 0.15) is 79.1 Å². The number of carbonyl (C=O) groups excluding carboxylic acids is 3. The molecule has 0 unspecified atom stereocenters. The summed E-state index contributed by atoms with van der Waals surface area (Å²) >= 11 is 0. The van der Waals surface area contributed by atoms with Gasteiger partial charge in [-0.1, -0.05) is 13.8 Å². The highest BCUT2D eigenvalue weighted by Crippen LogP contribution is 2.68. The van der Waals surface area contributed by atoms with Crippen LogP contribution in [0.5, 0.6) is 0 Å². The molecule has 4 aliphatic rings. The fourth-order valence-electron chi connectivity index (χ4n) is 8.81. The Morgan fingerprint density at radius 1 is 0.970 bits per heavy atom. The first kappa shape index (κ1) is 24.5. The second-order valence-corrected chi connectivity index (χ2v) is 11.6. The van der Waals surface area contributed by atoms with E-state index in [9.17, 15) is 19.5 Å². The highest BCUT2D eigenvalue weighted by Gasteiger charge is 2.65. The van der Waals surface area contributed by atoms with Crippen LogP contribution >= 0.6 is 0 Å². The van der Waals surface area contributed by atoms with Crippen molar-refractivity contribution in [1.82, 2.24) is 0 Å². The molecular weight excluding hydrogens is 424 g/mol. The average Bonchev–Trinajstić information content (AvgIpc) is 3.07. The molecule has 7 heteroatoms. The second-order valence-electron chi connectivity index (χ2n) is 11.6. The van der Waals surface area contributed by atoms with Crippen LogP contribution in [0.25, 0.3) is 0 Å². The van der Waals surface area contributed by atoms with Gasteiger partial charge >= 0.3 is 17.9 Å². The molecule has 4 fully saturated rings. The Hall–Kier alpha value is -1.63. The molecule has 0 spiro atoms. The molecular formula is C26H40O7. The molecule has 4 aliphatic carbocycles. The third-order valence-corrected chi connectivity index (χ3v) is 10.0. The van der Waals surface area contributed by atoms with E-state index in [0.717, 1.165) is 44.9 Å². The fourth-order valence-corrected chi connectivity index (χ4v) is 8.81. The van der Waals surface area contributed by atoms with Crippen LogP contribution < -0.4 is 0 Å². The molecule has 0 aromatic carbocycles. The van der Waals surface area contributed by atoms with Crippen molar-refractivity contribution in [3.05, 3.63) is 0 Å². The molecule has 33 heavy (non-hydrogen) atoms. The van der Waals surface area contributed by atoms with Crippen LogP contribution in [0.15, 0.2) is 0 Å². The van der Waals surface area contributed by atoms with Gasteiger partial charge < -0.3 is 19.3 Å². The lowest BCUT2D eigenvalue weighted by Gasteiger charge is -2.62. The van der Waals surface area contributed by atoms with Gasteiger partial charge in [0.2, 0.25) is 6.10 Å². The van der Waals surface area contributed by atoms with Gasteiger partial charge in [-0.2, -0.15) is 0 Å². The summed E-state index contributed by atoms with van der Waals surface area (Å²) < 4.78 is 16.0. The summed E-state index contributed by atoms with van der Waals surface area (Å²) in [6.07, 6.45) is 5.78. The number of aliphatic hydroxyl groups excluding tert-OH is 1. The quantitative estimate of drug-likeness (QED) is 0.501. The summed E-state index contributed by atoms with van der Waals surface area (Å²) in [7, 11) is 1.33. The number of aliphatic hydroxyl groups is 1. The lowest BCUT2D eigenvalue weighted by molar-refractivity contribution is -0.194. The number of esters is 3. The van der Waals surface area contributed by atoms with Crippen LogP contribution in [0.4, 0.5) is 0 Å². The zero-order valence-electron chi connectivity index (χ0n) is 20.7. The summed E-state index contributed by atoms with van der Waals surface area (Å²) in [5.74, 6) is 0.0508. The van der Waals surface area contributed by atoms with E-state index in [1.807, 2.05) is 0 Å². The van der Waals surface area contributed by atoms with E-state index in [1.165, 1.54) is 21.0 Å². The van der Waals surface area contributed by atoms with E-state index in [4.69, 9.17) is 14.2 Å². The van der Waals surface area contributed by atoms with E-state index in [1.54, 1.807) is 0 Å². The van der Waals surface area contributed by atoms with Crippen LogP contribution in [0.3, 0.4) is 0 Å². The molecule has 4 saturated carbocycles. The Morgan fingerprint density at radius 3 is 2.33 bits per heavy atom. The second kappa shape index (κ2) is 8.86. The summed E-state index contributed by atoms with van der Waals surface area (Å²) in [6, 6.07) is 0.